The Labute approximate surface area is 192 Å². The first-order chi connectivity index (χ1) is 15.7. The van der Waals surface area contributed by atoms with Gasteiger partial charge in [-0.2, -0.15) is 0 Å². The van der Waals surface area contributed by atoms with E-state index in [9.17, 15) is 24.0 Å². The standard InChI is InChI=1S/C22H35N3O8/c1-4-5-16(2)9-14-32-18(27)6-11-24-20(29)23-21(30)25(22(24)31)12-7-19(28)33-15-10-17(3)8-13-26/h1,16-17,26H,4-15H2,2-3H3,(H,23,29,30). The molecule has 0 saturated heterocycles. The van der Waals surface area contributed by atoms with Gasteiger partial charge in [0.2, 0.25) is 0 Å². The summed E-state index contributed by atoms with van der Waals surface area (Å²) in [7, 11) is 0. The molecule has 33 heavy (non-hydrogen) atoms. The number of aromatic nitrogens is 3. The van der Waals surface area contributed by atoms with Crippen LogP contribution in [0.15, 0.2) is 14.4 Å². The van der Waals surface area contributed by atoms with E-state index >= 15 is 0 Å². The topological polar surface area (TPSA) is 150 Å². The third-order valence-electron chi connectivity index (χ3n) is 5.27. The maximum atomic E-state index is 12.6. The van der Waals surface area contributed by atoms with Gasteiger partial charge in [-0.3, -0.25) is 14.6 Å². The molecule has 1 heterocycles. The van der Waals surface area contributed by atoms with Crippen LogP contribution in [0.25, 0.3) is 0 Å². The Morgan fingerprint density at radius 2 is 1.33 bits per heavy atom. The Morgan fingerprint density at radius 1 is 0.879 bits per heavy atom. The molecule has 186 valence electrons. The van der Waals surface area contributed by atoms with Gasteiger partial charge in [0.15, 0.2) is 0 Å². The lowest BCUT2D eigenvalue weighted by Gasteiger charge is -2.11. The fraction of sp³-hybridized carbons (Fsp3) is 0.727. The minimum atomic E-state index is -0.943. The summed E-state index contributed by atoms with van der Waals surface area (Å²) in [6.07, 6.45) is 2.76. The lowest BCUT2D eigenvalue weighted by Crippen LogP contribution is -2.49. The molecule has 1 aromatic rings. The van der Waals surface area contributed by atoms with Gasteiger partial charge in [-0.05, 0) is 44.4 Å². The summed E-state index contributed by atoms with van der Waals surface area (Å²) in [4.78, 5) is 62.4. The monoisotopic (exact) mass is 469 g/mol. The van der Waals surface area contributed by atoms with Crippen LogP contribution in [0.4, 0.5) is 0 Å². The van der Waals surface area contributed by atoms with Gasteiger partial charge in [-0.25, -0.2) is 23.5 Å². The summed E-state index contributed by atoms with van der Waals surface area (Å²) in [5, 5.41) is 8.87. The van der Waals surface area contributed by atoms with Crippen LogP contribution >= 0.6 is 0 Å². The Balaban J connectivity index is 2.61. The third kappa shape index (κ3) is 10.6. The number of H-pyrrole nitrogens is 1. The normalized spacial score (nSPS) is 12.8. The van der Waals surface area contributed by atoms with Crippen molar-refractivity contribution < 1.29 is 24.2 Å². The molecule has 0 aliphatic rings. The molecule has 11 nitrogen and oxygen atoms in total. The molecule has 0 spiro atoms. The third-order valence-corrected chi connectivity index (χ3v) is 5.27. The Bertz CT molecular complexity index is 848. The molecule has 0 saturated carbocycles. The maximum Gasteiger partial charge on any atom is 0.336 e. The SMILES string of the molecule is [CH]CCC(C)CCOC(=O)CCn1c(=O)[nH]c(=O)n(CCC(=O)OCCC(C)CCO)c1=O. The van der Waals surface area contributed by atoms with Gasteiger partial charge in [-0.15, -0.1) is 0 Å². The van der Waals surface area contributed by atoms with Gasteiger partial charge < -0.3 is 14.6 Å². The summed E-state index contributed by atoms with van der Waals surface area (Å²) in [6, 6.07) is 0. The number of aliphatic hydroxyl groups is 1. The van der Waals surface area contributed by atoms with Crippen LogP contribution in [0.1, 0.15) is 58.8 Å². The van der Waals surface area contributed by atoms with E-state index in [1.54, 1.807) is 0 Å². The highest BCUT2D eigenvalue weighted by Gasteiger charge is 2.14. The number of carbonyl (C=O) groups is 2. The lowest BCUT2D eigenvalue weighted by molar-refractivity contribution is -0.145. The highest BCUT2D eigenvalue weighted by Crippen LogP contribution is 2.09. The highest BCUT2D eigenvalue weighted by atomic mass is 16.5. The molecule has 0 fully saturated rings. The number of hydrogen-bond donors (Lipinski definition) is 2. The molecule has 2 unspecified atom stereocenters. The fourth-order valence-corrected chi connectivity index (χ4v) is 3.03. The first kappa shape index (κ1) is 28.3. The second kappa shape index (κ2) is 15.2. The number of esters is 2. The molecule has 1 aromatic heterocycles. The van der Waals surface area contributed by atoms with Gasteiger partial charge in [0, 0.05) is 19.7 Å². The molecule has 1 rings (SSSR count). The van der Waals surface area contributed by atoms with Crippen molar-refractivity contribution in [3.63, 3.8) is 0 Å². The molecule has 11 heteroatoms. The van der Waals surface area contributed by atoms with E-state index in [0.717, 1.165) is 15.6 Å². The molecule has 2 N–H and O–H groups in total. The van der Waals surface area contributed by atoms with E-state index in [1.807, 2.05) is 18.8 Å². The fourth-order valence-electron chi connectivity index (χ4n) is 3.03. The number of carbonyl (C=O) groups excluding carboxylic acids is 2. The van der Waals surface area contributed by atoms with Crippen molar-refractivity contribution >= 4 is 11.9 Å². The van der Waals surface area contributed by atoms with Gasteiger partial charge in [0.25, 0.3) is 0 Å². The van der Waals surface area contributed by atoms with Crippen molar-refractivity contribution in [2.75, 3.05) is 19.8 Å². The van der Waals surface area contributed by atoms with Crippen molar-refractivity contribution in [3.05, 3.63) is 38.4 Å². The van der Waals surface area contributed by atoms with Crippen LogP contribution in [0.2, 0.25) is 0 Å². The summed E-state index contributed by atoms with van der Waals surface area (Å²) in [5.74, 6) is -0.661. The largest absolute Gasteiger partial charge is 0.466 e. The van der Waals surface area contributed by atoms with Gasteiger partial charge in [0.1, 0.15) is 0 Å². The zero-order valence-corrected chi connectivity index (χ0v) is 19.4. The van der Waals surface area contributed by atoms with Crippen LogP contribution < -0.4 is 17.1 Å². The predicted molar refractivity (Wildman–Crippen MR) is 120 cm³/mol. The molecule has 0 aliphatic heterocycles. The second-order valence-electron chi connectivity index (χ2n) is 8.14. The highest BCUT2D eigenvalue weighted by molar-refractivity contribution is 5.69. The van der Waals surface area contributed by atoms with E-state index in [4.69, 9.17) is 21.5 Å². The summed E-state index contributed by atoms with van der Waals surface area (Å²) >= 11 is 0. The van der Waals surface area contributed by atoms with E-state index in [-0.39, 0.29) is 51.7 Å². The number of nitrogens with zero attached hydrogens (tertiary/aromatic N) is 2. The predicted octanol–water partition coefficient (Wildman–Crippen LogP) is 0.491. The van der Waals surface area contributed by atoms with Gasteiger partial charge in [0.05, 0.1) is 26.1 Å². The van der Waals surface area contributed by atoms with Crippen LogP contribution in [0, 0.1) is 18.8 Å². The molecular weight excluding hydrogens is 434 g/mol. The van der Waals surface area contributed by atoms with E-state index in [2.05, 4.69) is 0 Å². The Morgan fingerprint density at radius 3 is 1.76 bits per heavy atom. The first-order valence-electron chi connectivity index (χ1n) is 11.3. The Hall–Kier alpha value is -2.69. The van der Waals surface area contributed by atoms with E-state index < -0.39 is 29.0 Å². The number of nitrogens with one attached hydrogen (secondary N) is 1. The molecular formula is C22H35N3O8. The molecule has 0 aliphatic carbocycles. The minimum absolute atomic E-state index is 0.0578. The van der Waals surface area contributed by atoms with Crippen molar-refractivity contribution in [2.24, 2.45) is 11.8 Å². The summed E-state index contributed by atoms with van der Waals surface area (Å²) in [6.45, 7) is 9.29. The van der Waals surface area contributed by atoms with Crippen LogP contribution in [0.3, 0.4) is 0 Å². The van der Waals surface area contributed by atoms with Crippen molar-refractivity contribution in [2.45, 2.75) is 71.9 Å². The lowest BCUT2D eigenvalue weighted by atomic mass is 10.0. The summed E-state index contributed by atoms with van der Waals surface area (Å²) < 4.78 is 11.6. The molecule has 0 amide bonds. The van der Waals surface area contributed by atoms with E-state index in [1.165, 1.54) is 0 Å². The van der Waals surface area contributed by atoms with Crippen LogP contribution in [-0.4, -0.2) is 51.0 Å². The zero-order valence-electron chi connectivity index (χ0n) is 19.4. The maximum absolute atomic E-state index is 12.6. The van der Waals surface area contributed by atoms with Gasteiger partial charge in [-0.1, -0.05) is 20.3 Å². The number of aromatic amines is 1. The van der Waals surface area contributed by atoms with Crippen LogP contribution in [0.5, 0.6) is 0 Å². The Kier molecular flexibility index (Phi) is 13.1. The number of ether oxygens (including phenoxy) is 2. The van der Waals surface area contributed by atoms with Gasteiger partial charge >= 0.3 is 29.0 Å². The average Bonchev–Trinajstić information content (AvgIpc) is 2.73. The van der Waals surface area contributed by atoms with Crippen molar-refractivity contribution in [1.82, 2.24) is 14.1 Å². The quantitative estimate of drug-likeness (QED) is 0.332. The molecule has 0 aromatic carbocycles. The van der Waals surface area contributed by atoms with Crippen LogP contribution in [-0.2, 0) is 32.2 Å². The number of rotatable bonds is 16. The number of aliphatic hydroxyl groups excluding tert-OH is 1. The molecule has 2 atom stereocenters. The van der Waals surface area contributed by atoms with Crippen molar-refractivity contribution in [1.29, 1.82) is 0 Å². The van der Waals surface area contributed by atoms with Crippen molar-refractivity contribution in [3.8, 4) is 0 Å². The van der Waals surface area contributed by atoms with E-state index in [0.29, 0.717) is 31.6 Å². The zero-order chi connectivity index (χ0) is 24.8. The number of hydrogen-bond acceptors (Lipinski definition) is 8. The molecule has 0 bridgehead atoms. The minimum Gasteiger partial charge on any atom is -0.466 e. The summed E-state index contributed by atoms with van der Waals surface area (Å²) in [5.41, 5.74) is -2.80. The smallest absolute Gasteiger partial charge is 0.336 e. The average molecular weight is 470 g/mol. The first-order valence-corrected chi connectivity index (χ1v) is 11.3. The molecule has 2 radical (unpaired) electrons. The second-order valence-corrected chi connectivity index (χ2v) is 8.14.